The molecule has 2 aromatic carbocycles. The summed E-state index contributed by atoms with van der Waals surface area (Å²) in [7, 11) is 3.17. The van der Waals surface area contributed by atoms with Gasteiger partial charge in [0, 0.05) is 22.9 Å². The fraction of sp³-hybridized carbons (Fsp3) is 0.235. The minimum Gasteiger partial charge on any atom is -0.493 e. The Kier molecular flexibility index (Phi) is 3.60. The summed E-state index contributed by atoms with van der Waals surface area (Å²) in [6, 6.07) is 11.3. The number of rotatable bonds is 3. The van der Waals surface area contributed by atoms with Gasteiger partial charge in [-0.05, 0) is 35.4 Å². The van der Waals surface area contributed by atoms with Crippen LogP contribution in [0.4, 0.5) is 0 Å². The van der Waals surface area contributed by atoms with E-state index in [0.29, 0.717) is 28.5 Å². The summed E-state index contributed by atoms with van der Waals surface area (Å²) >= 11 is 5.93. The number of methoxy groups -OCH3 is 2. The van der Waals surface area contributed by atoms with Crippen LogP contribution in [0.1, 0.15) is 33.8 Å². The van der Waals surface area contributed by atoms with Crippen LogP contribution in [-0.4, -0.2) is 20.0 Å². The normalized spacial score (nSPS) is 16.7. The highest BCUT2D eigenvalue weighted by atomic mass is 35.5. The summed E-state index contributed by atoms with van der Waals surface area (Å²) in [4.78, 5) is 12.3. The molecule has 0 saturated carbocycles. The Morgan fingerprint density at radius 2 is 1.67 bits per heavy atom. The van der Waals surface area contributed by atoms with Crippen LogP contribution in [0.25, 0.3) is 0 Å². The van der Waals surface area contributed by atoms with Crippen molar-refractivity contribution in [2.75, 3.05) is 14.2 Å². The number of ketones is 1. The van der Waals surface area contributed by atoms with Gasteiger partial charge < -0.3 is 9.47 Å². The van der Waals surface area contributed by atoms with E-state index in [0.717, 1.165) is 11.1 Å². The van der Waals surface area contributed by atoms with Crippen molar-refractivity contribution in [2.24, 2.45) is 0 Å². The smallest absolute Gasteiger partial charge is 0.164 e. The molecule has 0 radical (unpaired) electrons. The number of halogens is 1. The number of carbonyl (C=O) groups excluding carboxylic acids is 1. The zero-order valence-corrected chi connectivity index (χ0v) is 12.6. The fourth-order valence-corrected chi connectivity index (χ4v) is 2.95. The third kappa shape index (κ3) is 2.38. The van der Waals surface area contributed by atoms with E-state index >= 15 is 0 Å². The van der Waals surface area contributed by atoms with Crippen LogP contribution < -0.4 is 9.47 Å². The number of ether oxygens (including phenoxy) is 2. The molecule has 1 unspecified atom stereocenters. The highest BCUT2D eigenvalue weighted by molar-refractivity contribution is 6.30. The summed E-state index contributed by atoms with van der Waals surface area (Å²) < 4.78 is 10.6. The highest BCUT2D eigenvalue weighted by Gasteiger charge is 2.32. The second-order valence-corrected chi connectivity index (χ2v) is 5.46. The molecular weight excluding hydrogens is 288 g/mol. The molecule has 0 amide bonds. The molecule has 3 rings (SSSR count). The van der Waals surface area contributed by atoms with E-state index in [-0.39, 0.29) is 11.7 Å². The Morgan fingerprint density at radius 1 is 1.05 bits per heavy atom. The molecule has 0 spiro atoms. The first-order valence-electron chi connectivity index (χ1n) is 6.68. The number of carbonyl (C=O) groups is 1. The first-order valence-corrected chi connectivity index (χ1v) is 7.06. The molecule has 1 aliphatic rings. The zero-order chi connectivity index (χ0) is 15.0. The van der Waals surface area contributed by atoms with Crippen LogP contribution in [0.2, 0.25) is 5.02 Å². The van der Waals surface area contributed by atoms with Crippen molar-refractivity contribution in [3.05, 3.63) is 58.1 Å². The Hall–Kier alpha value is -2.00. The highest BCUT2D eigenvalue weighted by Crippen LogP contribution is 2.43. The number of Topliss-reactive ketones (excluding diaryl/α,β-unsaturated/α-hetero) is 1. The summed E-state index contributed by atoms with van der Waals surface area (Å²) in [6.07, 6.45) is 0.466. The van der Waals surface area contributed by atoms with E-state index in [4.69, 9.17) is 21.1 Å². The molecule has 2 aromatic rings. The molecule has 0 aliphatic heterocycles. The Bertz CT molecular complexity index is 692. The maximum Gasteiger partial charge on any atom is 0.164 e. The number of benzene rings is 2. The summed E-state index contributed by atoms with van der Waals surface area (Å²) in [5.74, 6) is 1.40. The summed E-state index contributed by atoms with van der Waals surface area (Å²) in [5.41, 5.74) is 2.78. The van der Waals surface area contributed by atoms with Crippen molar-refractivity contribution in [1.29, 1.82) is 0 Å². The van der Waals surface area contributed by atoms with E-state index in [2.05, 4.69) is 0 Å². The van der Waals surface area contributed by atoms with Gasteiger partial charge in [0.25, 0.3) is 0 Å². The van der Waals surface area contributed by atoms with Gasteiger partial charge in [-0.15, -0.1) is 0 Å². The van der Waals surface area contributed by atoms with Gasteiger partial charge in [-0.1, -0.05) is 23.7 Å². The van der Waals surface area contributed by atoms with Crippen molar-refractivity contribution in [3.63, 3.8) is 0 Å². The maximum absolute atomic E-state index is 12.3. The monoisotopic (exact) mass is 302 g/mol. The largest absolute Gasteiger partial charge is 0.493 e. The van der Waals surface area contributed by atoms with Crippen LogP contribution in [0, 0.1) is 0 Å². The van der Waals surface area contributed by atoms with Gasteiger partial charge in [0.05, 0.1) is 14.2 Å². The van der Waals surface area contributed by atoms with Crippen molar-refractivity contribution in [3.8, 4) is 11.5 Å². The van der Waals surface area contributed by atoms with Gasteiger partial charge in [0.15, 0.2) is 17.3 Å². The van der Waals surface area contributed by atoms with E-state index in [9.17, 15) is 4.79 Å². The average Bonchev–Trinajstić information content (AvgIpc) is 2.83. The van der Waals surface area contributed by atoms with E-state index in [1.807, 2.05) is 30.3 Å². The second-order valence-electron chi connectivity index (χ2n) is 5.03. The lowest BCUT2D eigenvalue weighted by Gasteiger charge is -2.14. The predicted octanol–water partition coefficient (Wildman–Crippen LogP) is 4.08. The minimum atomic E-state index is 0.0459. The molecule has 3 nitrogen and oxygen atoms in total. The van der Waals surface area contributed by atoms with Gasteiger partial charge in [-0.3, -0.25) is 4.79 Å². The molecule has 108 valence electrons. The quantitative estimate of drug-likeness (QED) is 0.857. The number of hydrogen-bond donors (Lipinski definition) is 0. The molecule has 0 N–H and O–H groups in total. The van der Waals surface area contributed by atoms with Crippen molar-refractivity contribution in [2.45, 2.75) is 12.3 Å². The Balaban J connectivity index is 2.10. The van der Waals surface area contributed by atoms with Gasteiger partial charge in [0.1, 0.15) is 0 Å². The molecule has 0 saturated heterocycles. The maximum atomic E-state index is 12.3. The van der Waals surface area contributed by atoms with Crippen molar-refractivity contribution < 1.29 is 14.3 Å². The molecule has 21 heavy (non-hydrogen) atoms. The lowest BCUT2D eigenvalue weighted by Crippen LogP contribution is -1.98. The second kappa shape index (κ2) is 5.41. The minimum absolute atomic E-state index is 0.0459. The molecular formula is C17H15ClO3. The first-order chi connectivity index (χ1) is 10.1. The number of hydrogen-bond acceptors (Lipinski definition) is 3. The molecule has 4 heteroatoms. The van der Waals surface area contributed by atoms with E-state index < -0.39 is 0 Å². The Labute approximate surface area is 128 Å². The molecule has 1 aliphatic carbocycles. The van der Waals surface area contributed by atoms with Gasteiger partial charge >= 0.3 is 0 Å². The Morgan fingerprint density at radius 3 is 2.29 bits per heavy atom. The lowest BCUT2D eigenvalue weighted by atomic mass is 9.93. The van der Waals surface area contributed by atoms with Crippen LogP contribution in [-0.2, 0) is 0 Å². The topological polar surface area (TPSA) is 35.5 Å². The molecule has 0 heterocycles. The van der Waals surface area contributed by atoms with Gasteiger partial charge in [-0.2, -0.15) is 0 Å². The van der Waals surface area contributed by atoms with E-state index in [1.165, 1.54) is 0 Å². The lowest BCUT2D eigenvalue weighted by molar-refractivity contribution is 0.0991. The molecule has 0 bridgehead atoms. The SMILES string of the molecule is COc1cc2c(cc1OC)C(c1ccc(Cl)cc1)CC2=O. The number of fused-ring (bicyclic) bond motifs is 1. The molecule has 0 fully saturated rings. The van der Waals surface area contributed by atoms with Crippen LogP contribution >= 0.6 is 11.6 Å². The van der Waals surface area contributed by atoms with E-state index in [1.54, 1.807) is 20.3 Å². The fourth-order valence-electron chi connectivity index (χ4n) is 2.82. The third-order valence-corrected chi connectivity index (χ3v) is 4.15. The van der Waals surface area contributed by atoms with Crippen molar-refractivity contribution in [1.82, 2.24) is 0 Å². The zero-order valence-electron chi connectivity index (χ0n) is 11.9. The van der Waals surface area contributed by atoms with Gasteiger partial charge in [0.2, 0.25) is 0 Å². The van der Waals surface area contributed by atoms with Crippen LogP contribution in [0.3, 0.4) is 0 Å². The summed E-state index contributed by atoms with van der Waals surface area (Å²) in [6.45, 7) is 0. The predicted molar refractivity (Wildman–Crippen MR) is 81.8 cm³/mol. The standard InChI is InChI=1S/C17H15ClO3/c1-20-16-8-13-12(10-3-5-11(18)6-4-10)7-15(19)14(13)9-17(16)21-2/h3-6,8-9,12H,7H2,1-2H3. The molecule has 0 aromatic heterocycles. The van der Waals surface area contributed by atoms with Gasteiger partial charge in [-0.25, -0.2) is 0 Å². The average molecular weight is 303 g/mol. The van der Waals surface area contributed by atoms with Crippen LogP contribution in [0.5, 0.6) is 11.5 Å². The van der Waals surface area contributed by atoms with Crippen molar-refractivity contribution >= 4 is 17.4 Å². The third-order valence-electron chi connectivity index (χ3n) is 3.89. The summed E-state index contributed by atoms with van der Waals surface area (Å²) in [5, 5.41) is 0.690. The molecule has 1 atom stereocenters. The first kappa shape index (κ1) is 14.0. The van der Waals surface area contributed by atoms with Crippen LogP contribution in [0.15, 0.2) is 36.4 Å².